The number of rotatable bonds is 5. The standard InChI is InChI=1S/C7H14N2O5S/c1-4(8-5(2)10)6(7(11)12)9-15(3,13)14/h4,6,9H,1-3H3,(H,8,10)(H,11,12). The van der Waals surface area contributed by atoms with Gasteiger partial charge in [0.15, 0.2) is 0 Å². The molecule has 88 valence electrons. The number of amides is 1. The second-order valence-corrected chi connectivity index (χ2v) is 4.98. The summed E-state index contributed by atoms with van der Waals surface area (Å²) in [7, 11) is -3.63. The second-order valence-electron chi connectivity index (χ2n) is 3.20. The van der Waals surface area contributed by atoms with E-state index in [1.54, 1.807) is 0 Å². The molecule has 0 aliphatic carbocycles. The smallest absolute Gasteiger partial charge is 0.323 e. The van der Waals surface area contributed by atoms with Crippen molar-refractivity contribution in [2.45, 2.75) is 25.9 Å². The molecule has 0 aromatic heterocycles. The molecule has 0 aliphatic rings. The molecule has 0 spiro atoms. The van der Waals surface area contributed by atoms with Gasteiger partial charge in [0.1, 0.15) is 6.04 Å². The van der Waals surface area contributed by atoms with Crippen molar-refractivity contribution in [2.75, 3.05) is 6.26 Å². The molecular formula is C7H14N2O5S. The van der Waals surface area contributed by atoms with E-state index in [-0.39, 0.29) is 0 Å². The van der Waals surface area contributed by atoms with Crippen LogP contribution < -0.4 is 10.0 Å². The summed E-state index contributed by atoms with van der Waals surface area (Å²) in [5, 5.41) is 11.0. The molecule has 0 aromatic rings. The van der Waals surface area contributed by atoms with Gasteiger partial charge in [0, 0.05) is 6.92 Å². The number of nitrogens with one attached hydrogen (secondary N) is 2. The highest BCUT2D eigenvalue weighted by Crippen LogP contribution is 1.96. The number of carbonyl (C=O) groups is 2. The van der Waals surface area contributed by atoms with E-state index in [0.29, 0.717) is 0 Å². The van der Waals surface area contributed by atoms with Crippen LogP contribution in [0.4, 0.5) is 0 Å². The van der Waals surface area contributed by atoms with Gasteiger partial charge in [-0.25, -0.2) is 8.42 Å². The Balaban J connectivity index is 4.67. The van der Waals surface area contributed by atoms with Gasteiger partial charge in [-0.3, -0.25) is 9.59 Å². The van der Waals surface area contributed by atoms with Gasteiger partial charge in [-0.2, -0.15) is 4.72 Å². The molecule has 0 aliphatic heterocycles. The van der Waals surface area contributed by atoms with Crippen LogP contribution in [0.1, 0.15) is 13.8 Å². The number of carboxylic acid groups (broad SMARTS) is 1. The van der Waals surface area contributed by atoms with E-state index in [1.807, 2.05) is 4.72 Å². The predicted molar refractivity (Wildman–Crippen MR) is 52.7 cm³/mol. The third-order valence-corrected chi connectivity index (χ3v) is 2.22. The average molecular weight is 238 g/mol. The zero-order valence-corrected chi connectivity index (χ0v) is 9.46. The molecule has 0 aromatic carbocycles. The summed E-state index contributed by atoms with van der Waals surface area (Å²) < 4.78 is 23.6. The first-order valence-corrected chi connectivity index (χ1v) is 6.00. The molecule has 3 N–H and O–H groups in total. The van der Waals surface area contributed by atoms with E-state index in [2.05, 4.69) is 5.32 Å². The number of hydrogen-bond acceptors (Lipinski definition) is 4. The maximum Gasteiger partial charge on any atom is 0.323 e. The first kappa shape index (κ1) is 13.8. The lowest BCUT2D eigenvalue weighted by Crippen LogP contribution is -2.53. The highest BCUT2D eigenvalue weighted by molar-refractivity contribution is 7.88. The molecule has 2 unspecified atom stereocenters. The Morgan fingerprint density at radius 2 is 1.80 bits per heavy atom. The molecule has 15 heavy (non-hydrogen) atoms. The van der Waals surface area contributed by atoms with Gasteiger partial charge in [-0.15, -0.1) is 0 Å². The van der Waals surface area contributed by atoms with Crippen molar-refractivity contribution in [1.82, 2.24) is 10.0 Å². The molecule has 0 bridgehead atoms. The number of carboxylic acids is 1. The second kappa shape index (κ2) is 5.08. The van der Waals surface area contributed by atoms with Gasteiger partial charge < -0.3 is 10.4 Å². The largest absolute Gasteiger partial charge is 0.480 e. The first-order valence-electron chi connectivity index (χ1n) is 4.10. The minimum atomic E-state index is -3.63. The van der Waals surface area contributed by atoms with Crippen LogP contribution in [0.15, 0.2) is 0 Å². The van der Waals surface area contributed by atoms with Crippen LogP contribution in [-0.4, -0.2) is 43.7 Å². The van der Waals surface area contributed by atoms with Crippen LogP contribution in [0.5, 0.6) is 0 Å². The zero-order chi connectivity index (χ0) is 12.2. The van der Waals surface area contributed by atoms with E-state index >= 15 is 0 Å². The number of sulfonamides is 1. The van der Waals surface area contributed by atoms with Gasteiger partial charge >= 0.3 is 5.97 Å². The van der Waals surface area contributed by atoms with E-state index in [4.69, 9.17) is 5.11 Å². The van der Waals surface area contributed by atoms with Crippen molar-refractivity contribution in [3.8, 4) is 0 Å². The molecule has 8 heteroatoms. The van der Waals surface area contributed by atoms with Gasteiger partial charge in [0.25, 0.3) is 0 Å². The summed E-state index contributed by atoms with van der Waals surface area (Å²) in [6.45, 7) is 2.62. The molecule has 1 amide bonds. The summed E-state index contributed by atoms with van der Waals surface area (Å²) in [5.41, 5.74) is 0. The molecule has 0 saturated carbocycles. The van der Waals surface area contributed by atoms with Crippen LogP contribution in [0.3, 0.4) is 0 Å². The zero-order valence-electron chi connectivity index (χ0n) is 8.64. The third kappa shape index (κ3) is 6.02. The SMILES string of the molecule is CC(=O)NC(C)C(NS(C)(=O)=O)C(=O)O. The third-order valence-electron chi connectivity index (χ3n) is 1.54. The normalized spacial score (nSPS) is 15.4. The fraction of sp³-hybridized carbons (Fsp3) is 0.714. The number of aliphatic carboxylic acids is 1. The molecule has 0 heterocycles. The Morgan fingerprint density at radius 3 is 2.07 bits per heavy atom. The summed E-state index contributed by atoms with van der Waals surface area (Å²) in [6.07, 6.45) is 0.851. The fourth-order valence-electron chi connectivity index (χ4n) is 1.00. The van der Waals surface area contributed by atoms with Crippen LogP contribution in [-0.2, 0) is 19.6 Å². The van der Waals surface area contributed by atoms with E-state index in [1.165, 1.54) is 13.8 Å². The van der Waals surface area contributed by atoms with Crippen molar-refractivity contribution in [2.24, 2.45) is 0 Å². The van der Waals surface area contributed by atoms with Crippen LogP contribution in [0, 0.1) is 0 Å². The number of hydrogen-bond donors (Lipinski definition) is 3. The minimum Gasteiger partial charge on any atom is -0.480 e. The lowest BCUT2D eigenvalue weighted by Gasteiger charge is -2.20. The van der Waals surface area contributed by atoms with E-state index < -0.39 is 34.0 Å². The van der Waals surface area contributed by atoms with Crippen LogP contribution in [0.25, 0.3) is 0 Å². The van der Waals surface area contributed by atoms with Crippen molar-refractivity contribution in [3.05, 3.63) is 0 Å². The lowest BCUT2D eigenvalue weighted by atomic mass is 10.1. The first-order chi connectivity index (χ1) is 6.63. The summed E-state index contributed by atoms with van der Waals surface area (Å²) in [4.78, 5) is 21.4. The molecular weight excluding hydrogens is 224 g/mol. The Labute approximate surface area is 87.9 Å². The van der Waals surface area contributed by atoms with E-state index in [0.717, 1.165) is 6.26 Å². The maximum atomic E-state index is 10.8. The highest BCUT2D eigenvalue weighted by atomic mass is 32.2. The van der Waals surface area contributed by atoms with Crippen molar-refractivity contribution in [3.63, 3.8) is 0 Å². The maximum absolute atomic E-state index is 10.8. The molecule has 0 radical (unpaired) electrons. The number of carbonyl (C=O) groups excluding carboxylic acids is 1. The molecule has 7 nitrogen and oxygen atoms in total. The van der Waals surface area contributed by atoms with E-state index in [9.17, 15) is 18.0 Å². The molecule has 0 rings (SSSR count). The quantitative estimate of drug-likeness (QED) is 0.540. The fourth-order valence-corrected chi connectivity index (χ4v) is 1.77. The Bertz CT molecular complexity index is 350. The van der Waals surface area contributed by atoms with Gasteiger partial charge in [0.2, 0.25) is 15.9 Å². The molecule has 0 saturated heterocycles. The Kier molecular flexibility index (Phi) is 4.69. The molecule has 0 fully saturated rings. The van der Waals surface area contributed by atoms with Crippen LogP contribution >= 0.6 is 0 Å². The summed E-state index contributed by atoms with van der Waals surface area (Å²) in [6, 6.07) is -2.20. The average Bonchev–Trinajstić information content (AvgIpc) is 1.96. The topological polar surface area (TPSA) is 113 Å². The lowest BCUT2D eigenvalue weighted by molar-refractivity contribution is -0.139. The highest BCUT2D eigenvalue weighted by Gasteiger charge is 2.27. The Morgan fingerprint density at radius 1 is 1.33 bits per heavy atom. The van der Waals surface area contributed by atoms with Crippen molar-refractivity contribution in [1.29, 1.82) is 0 Å². The predicted octanol–water partition coefficient (Wildman–Crippen LogP) is -1.49. The van der Waals surface area contributed by atoms with Gasteiger partial charge in [-0.1, -0.05) is 0 Å². The Hall–Kier alpha value is -1.15. The molecule has 2 atom stereocenters. The van der Waals surface area contributed by atoms with Gasteiger partial charge in [0.05, 0.1) is 12.3 Å². The summed E-state index contributed by atoms with van der Waals surface area (Å²) >= 11 is 0. The van der Waals surface area contributed by atoms with Crippen LogP contribution in [0.2, 0.25) is 0 Å². The van der Waals surface area contributed by atoms with Crippen molar-refractivity contribution < 1.29 is 23.1 Å². The minimum absolute atomic E-state index is 0.427. The monoisotopic (exact) mass is 238 g/mol. The van der Waals surface area contributed by atoms with Gasteiger partial charge in [-0.05, 0) is 6.92 Å². The summed E-state index contributed by atoms with van der Waals surface area (Å²) in [5.74, 6) is -1.77. The van der Waals surface area contributed by atoms with Crippen molar-refractivity contribution >= 4 is 21.9 Å².